The summed E-state index contributed by atoms with van der Waals surface area (Å²) in [5.74, 6) is 0.904. The predicted molar refractivity (Wildman–Crippen MR) is 72.2 cm³/mol. The zero-order valence-electron chi connectivity index (χ0n) is 11.1. The molecule has 1 aromatic heterocycles. The van der Waals surface area contributed by atoms with Crippen molar-refractivity contribution in [1.82, 2.24) is 19.2 Å². The molecule has 0 unspecified atom stereocenters. The van der Waals surface area contributed by atoms with Gasteiger partial charge in [0.15, 0.2) is 0 Å². The third-order valence-electron chi connectivity index (χ3n) is 2.98. The minimum Gasteiger partial charge on any atom is -0.343 e. The van der Waals surface area contributed by atoms with Crippen LogP contribution in [0.5, 0.6) is 0 Å². The quantitative estimate of drug-likeness (QED) is 0.800. The molecule has 0 atom stereocenters. The van der Waals surface area contributed by atoms with Gasteiger partial charge in [-0.1, -0.05) is 6.92 Å². The smallest absolute Gasteiger partial charge is 0.319 e. The summed E-state index contributed by atoms with van der Waals surface area (Å²) < 4.78 is 4.29. The van der Waals surface area contributed by atoms with Gasteiger partial charge in [0.25, 0.3) is 0 Å². The van der Waals surface area contributed by atoms with Crippen molar-refractivity contribution in [3.8, 4) is 0 Å². The topological polar surface area (TPSA) is 52.6 Å². The Labute approximate surface area is 111 Å². The molecule has 2 heterocycles. The number of urea groups is 1. The van der Waals surface area contributed by atoms with E-state index in [0.29, 0.717) is 0 Å². The molecule has 18 heavy (non-hydrogen) atoms. The van der Waals surface area contributed by atoms with Crippen molar-refractivity contribution in [3.63, 3.8) is 0 Å². The van der Waals surface area contributed by atoms with Crippen molar-refractivity contribution >= 4 is 22.7 Å². The highest BCUT2D eigenvalue weighted by atomic mass is 32.1. The number of rotatable bonds is 2. The first kappa shape index (κ1) is 13.1. The maximum atomic E-state index is 11.8. The van der Waals surface area contributed by atoms with Crippen LogP contribution < -0.4 is 4.90 Å². The van der Waals surface area contributed by atoms with E-state index in [2.05, 4.69) is 21.2 Å². The summed E-state index contributed by atoms with van der Waals surface area (Å²) in [4.78, 5) is 22.0. The highest BCUT2D eigenvalue weighted by Crippen LogP contribution is 2.19. The maximum absolute atomic E-state index is 11.8. The van der Waals surface area contributed by atoms with Crippen molar-refractivity contribution in [2.45, 2.75) is 13.3 Å². The average Bonchev–Trinajstić information content (AvgIpc) is 2.86. The summed E-state index contributed by atoms with van der Waals surface area (Å²) in [6, 6.07) is 0.0844. The molecule has 2 rings (SSSR count). The Morgan fingerprint density at radius 1 is 1.33 bits per heavy atom. The fourth-order valence-electron chi connectivity index (χ4n) is 1.89. The van der Waals surface area contributed by atoms with Gasteiger partial charge < -0.3 is 14.7 Å². The van der Waals surface area contributed by atoms with Crippen LogP contribution in [0.1, 0.15) is 12.7 Å². The molecule has 1 saturated heterocycles. The van der Waals surface area contributed by atoms with Gasteiger partial charge in [0.05, 0.1) is 0 Å². The zero-order chi connectivity index (χ0) is 13.1. The fourth-order valence-corrected chi connectivity index (χ4v) is 2.69. The van der Waals surface area contributed by atoms with Gasteiger partial charge in [0.1, 0.15) is 5.82 Å². The minimum absolute atomic E-state index is 0.0844. The lowest BCUT2D eigenvalue weighted by molar-refractivity contribution is 0.168. The number of hydrogen-bond acceptors (Lipinski definition) is 5. The molecule has 0 saturated carbocycles. The third-order valence-corrected chi connectivity index (χ3v) is 3.79. The lowest BCUT2D eigenvalue weighted by atomic mass is 10.3. The van der Waals surface area contributed by atoms with Gasteiger partial charge in [-0.05, 0) is 0 Å². The van der Waals surface area contributed by atoms with E-state index in [-0.39, 0.29) is 6.03 Å². The van der Waals surface area contributed by atoms with Crippen LogP contribution in [0.15, 0.2) is 0 Å². The van der Waals surface area contributed by atoms with E-state index in [1.54, 1.807) is 19.0 Å². The Kier molecular flexibility index (Phi) is 4.00. The van der Waals surface area contributed by atoms with Crippen molar-refractivity contribution in [3.05, 3.63) is 5.82 Å². The number of hydrogen-bond donors (Lipinski definition) is 0. The van der Waals surface area contributed by atoms with Crippen LogP contribution in [0.4, 0.5) is 9.93 Å². The Morgan fingerprint density at radius 2 is 2.00 bits per heavy atom. The molecule has 0 bridgehead atoms. The molecule has 1 fully saturated rings. The molecule has 1 aliphatic heterocycles. The zero-order valence-corrected chi connectivity index (χ0v) is 11.9. The highest BCUT2D eigenvalue weighted by molar-refractivity contribution is 7.09. The van der Waals surface area contributed by atoms with Crippen LogP contribution >= 0.6 is 11.5 Å². The van der Waals surface area contributed by atoms with Crippen LogP contribution in [-0.4, -0.2) is 65.5 Å². The number of aromatic nitrogens is 2. The normalized spacial score (nSPS) is 15.9. The second-order valence-electron chi connectivity index (χ2n) is 4.50. The number of piperazine rings is 1. The standard InChI is InChI=1S/C11H19N5OS/c1-4-9-12-10(18-13-9)15-5-7-16(8-6-15)11(17)14(2)3/h4-8H2,1-3H3. The van der Waals surface area contributed by atoms with Crippen LogP contribution in [0, 0.1) is 0 Å². The number of aryl methyl sites for hydroxylation is 1. The Balaban J connectivity index is 1.92. The van der Waals surface area contributed by atoms with Gasteiger partial charge in [-0.3, -0.25) is 0 Å². The molecule has 7 heteroatoms. The Hall–Kier alpha value is -1.37. The van der Waals surface area contributed by atoms with E-state index in [0.717, 1.165) is 43.6 Å². The fraction of sp³-hybridized carbons (Fsp3) is 0.727. The molecule has 1 aliphatic rings. The number of nitrogens with zero attached hydrogens (tertiary/aromatic N) is 5. The molecule has 6 nitrogen and oxygen atoms in total. The molecular weight excluding hydrogens is 250 g/mol. The number of carbonyl (C=O) groups is 1. The molecule has 0 radical (unpaired) electrons. The largest absolute Gasteiger partial charge is 0.343 e. The summed E-state index contributed by atoms with van der Waals surface area (Å²) in [5, 5.41) is 0.976. The van der Waals surface area contributed by atoms with E-state index in [1.165, 1.54) is 11.5 Å². The van der Waals surface area contributed by atoms with Crippen LogP contribution in [0.2, 0.25) is 0 Å². The van der Waals surface area contributed by atoms with E-state index in [1.807, 2.05) is 4.90 Å². The summed E-state index contributed by atoms with van der Waals surface area (Å²) >= 11 is 1.45. The highest BCUT2D eigenvalue weighted by Gasteiger charge is 2.23. The Morgan fingerprint density at radius 3 is 2.50 bits per heavy atom. The van der Waals surface area contributed by atoms with E-state index in [9.17, 15) is 4.79 Å². The summed E-state index contributed by atoms with van der Waals surface area (Å²) in [5.41, 5.74) is 0. The summed E-state index contributed by atoms with van der Waals surface area (Å²) in [7, 11) is 3.57. The van der Waals surface area contributed by atoms with Gasteiger partial charge in [-0.2, -0.15) is 4.37 Å². The minimum atomic E-state index is 0.0844. The molecule has 2 amide bonds. The monoisotopic (exact) mass is 269 g/mol. The molecule has 0 N–H and O–H groups in total. The summed E-state index contributed by atoms with van der Waals surface area (Å²) in [6.07, 6.45) is 0.871. The Bertz CT molecular complexity index is 411. The van der Waals surface area contributed by atoms with E-state index >= 15 is 0 Å². The number of carbonyl (C=O) groups excluding carboxylic acids is 1. The molecule has 0 aliphatic carbocycles. The molecule has 0 spiro atoms. The van der Waals surface area contributed by atoms with Gasteiger partial charge in [0, 0.05) is 58.2 Å². The van der Waals surface area contributed by atoms with E-state index < -0.39 is 0 Å². The van der Waals surface area contributed by atoms with Crippen molar-refractivity contribution in [1.29, 1.82) is 0 Å². The van der Waals surface area contributed by atoms with Crippen LogP contribution in [-0.2, 0) is 6.42 Å². The molecule has 0 aromatic carbocycles. The van der Waals surface area contributed by atoms with Gasteiger partial charge in [-0.25, -0.2) is 9.78 Å². The first-order valence-electron chi connectivity index (χ1n) is 6.15. The first-order valence-corrected chi connectivity index (χ1v) is 6.93. The second-order valence-corrected chi connectivity index (χ2v) is 5.23. The molecular formula is C11H19N5OS. The van der Waals surface area contributed by atoms with Crippen LogP contribution in [0.3, 0.4) is 0 Å². The predicted octanol–water partition coefficient (Wildman–Crippen LogP) is 0.904. The van der Waals surface area contributed by atoms with Crippen molar-refractivity contribution in [2.75, 3.05) is 45.2 Å². The number of amides is 2. The summed E-state index contributed by atoms with van der Waals surface area (Å²) in [6.45, 7) is 5.21. The second kappa shape index (κ2) is 5.51. The van der Waals surface area contributed by atoms with Crippen molar-refractivity contribution in [2.24, 2.45) is 0 Å². The third kappa shape index (κ3) is 2.72. The average molecular weight is 269 g/mol. The molecule has 100 valence electrons. The number of anilines is 1. The first-order chi connectivity index (χ1) is 8.61. The SMILES string of the molecule is CCc1nsc(N2CCN(C(=O)N(C)C)CC2)n1. The van der Waals surface area contributed by atoms with Crippen molar-refractivity contribution < 1.29 is 4.79 Å². The van der Waals surface area contributed by atoms with Gasteiger partial charge in [-0.15, -0.1) is 0 Å². The lowest BCUT2D eigenvalue weighted by Crippen LogP contribution is -2.51. The lowest BCUT2D eigenvalue weighted by Gasteiger charge is -2.35. The molecule has 1 aromatic rings. The van der Waals surface area contributed by atoms with Crippen LogP contribution in [0.25, 0.3) is 0 Å². The van der Waals surface area contributed by atoms with E-state index in [4.69, 9.17) is 0 Å². The van der Waals surface area contributed by atoms with Gasteiger partial charge in [0.2, 0.25) is 5.13 Å². The maximum Gasteiger partial charge on any atom is 0.319 e. The van der Waals surface area contributed by atoms with Gasteiger partial charge >= 0.3 is 6.03 Å².